The number of Topliss-reactive ketones (excluding diaryl/α,β-unsaturated/α-hetero) is 1. The van der Waals surface area contributed by atoms with E-state index in [1.165, 1.54) is 30.9 Å². The maximum Gasteiger partial charge on any atom is 0.331 e. The molecule has 0 saturated carbocycles. The summed E-state index contributed by atoms with van der Waals surface area (Å²) in [5, 5.41) is 0.492. The van der Waals surface area contributed by atoms with Gasteiger partial charge >= 0.3 is 5.69 Å². The van der Waals surface area contributed by atoms with Crippen molar-refractivity contribution in [3.8, 4) is 0 Å². The van der Waals surface area contributed by atoms with E-state index in [0.717, 1.165) is 4.57 Å². The van der Waals surface area contributed by atoms with Gasteiger partial charge in [0.2, 0.25) is 0 Å². The Morgan fingerprint density at radius 2 is 2.05 bits per heavy atom. The molecule has 0 atom stereocenters. The summed E-state index contributed by atoms with van der Waals surface area (Å²) >= 11 is 5.74. The second-order valence-corrected chi connectivity index (χ2v) is 4.78. The Labute approximate surface area is 119 Å². The first-order chi connectivity index (χ1) is 9.40. The fraction of sp³-hybridized carbons (Fsp3) is 0.231. The zero-order valence-corrected chi connectivity index (χ0v) is 11.7. The molecule has 0 amide bonds. The first kappa shape index (κ1) is 14.2. The van der Waals surface area contributed by atoms with Crippen molar-refractivity contribution in [2.45, 2.75) is 13.5 Å². The van der Waals surface area contributed by atoms with Crippen LogP contribution in [0.2, 0.25) is 5.02 Å². The van der Waals surface area contributed by atoms with Gasteiger partial charge in [0.05, 0.1) is 22.8 Å². The summed E-state index contributed by atoms with van der Waals surface area (Å²) in [5.74, 6) is -0.386. The number of halogens is 1. The number of nitrogens with zero attached hydrogens (tertiary/aromatic N) is 3. The first-order valence-electron chi connectivity index (χ1n) is 5.82. The topological polar surface area (TPSA) is 74.0 Å². The Morgan fingerprint density at radius 3 is 2.60 bits per heavy atom. The number of hydrogen-bond donors (Lipinski definition) is 0. The molecule has 20 heavy (non-hydrogen) atoms. The van der Waals surface area contributed by atoms with Crippen molar-refractivity contribution >= 4 is 17.4 Å². The molecule has 6 nitrogen and oxygen atoms in total. The Morgan fingerprint density at radius 1 is 1.35 bits per heavy atom. The first-order valence-corrected chi connectivity index (χ1v) is 6.20. The molecule has 104 valence electrons. The van der Waals surface area contributed by atoms with Crippen LogP contribution in [-0.2, 0) is 13.6 Å². The van der Waals surface area contributed by atoms with Crippen molar-refractivity contribution in [2.75, 3.05) is 0 Å². The molecule has 0 aliphatic rings. The number of carbonyl (C=O) groups is 1. The standard InChI is InChI=1S/C13H12ClN3O3/c1-8(18)11-7-17(13(20)16(2)12(11)19)6-10-4-3-9(14)5-15-10/h3-5,7H,6H2,1-2H3. The third kappa shape index (κ3) is 2.70. The van der Waals surface area contributed by atoms with Gasteiger partial charge in [0.15, 0.2) is 5.78 Å². The van der Waals surface area contributed by atoms with Crippen LogP contribution in [0, 0.1) is 0 Å². The average Bonchev–Trinajstić information content (AvgIpc) is 2.41. The minimum absolute atomic E-state index is 0.0268. The third-order valence-corrected chi connectivity index (χ3v) is 3.08. The maximum absolute atomic E-state index is 12.0. The lowest BCUT2D eigenvalue weighted by Crippen LogP contribution is -2.40. The molecule has 0 fully saturated rings. The Hall–Kier alpha value is -2.21. The van der Waals surface area contributed by atoms with E-state index in [-0.39, 0.29) is 17.9 Å². The van der Waals surface area contributed by atoms with Gasteiger partial charge in [-0.1, -0.05) is 11.6 Å². The number of ketones is 1. The second kappa shape index (κ2) is 5.42. The highest BCUT2D eigenvalue weighted by atomic mass is 35.5. The van der Waals surface area contributed by atoms with E-state index >= 15 is 0 Å². The summed E-state index contributed by atoms with van der Waals surface area (Å²) in [4.78, 5) is 39.3. The summed E-state index contributed by atoms with van der Waals surface area (Å²) in [6, 6.07) is 3.33. The van der Waals surface area contributed by atoms with Crippen LogP contribution < -0.4 is 11.2 Å². The van der Waals surface area contributed by atoms with Crippen LogP contribution >= 0.6 is 11.6 Å². The number of aromatic nitrogens is 3. The molecule has 7 heteroatoms. The second-order valence-electron chi connectivity index (χ2n) is 4.34. The SMILES string of the molecule is CC(=O)c1cn(Cc2ccc(Cl)cn2)c(=O)n(C)c1=O. The number of carbonyl (C=O) groups excluding carboxylic acids is 1. The Kier molecular flexibility index (Phi) is 3.85. The molecule has 2 aromatic rings. The zero-order chi connectivity index (χ0) is 14.9. The highest BCUT2D eigenvalue weighted by molar-refractivity contribution is 6.30. The molecule has 0 saturated heterocycles. The third-order valence-electron chi connectivity index (χ3n) is 2.85. The van der Waals surface area contributed by atoms with Crippen LogP contribution in [0.3, 0.4) is 0 Å². The lowest BCUT2D eigenvalue weighted by molar-refractivity contribution is 0.101. The molecule has 0 aliphatic carbocycles. The van der Waals surface area contributed by atoms with Gasteiger partial charge in [-0.15, -0.1) is 0 Å². The van der Waals surface area contributed by atoms with Gasteiger partial charge in [0, 0.05) is 19.4 Å². The van der Waals surface area contributed by atoms with Gasteiger partial charge in [-0.2, -0.15) is 0 Å². The quantitative estimate of drug-likeness (QED) is 0.786. The largest absolute Gasteiger partial charge is 0.331 e. The van der Waals surface area contributed by atoms with Crippen LogP contribution in [-0.4, -0.2) is 19.9 Å². The normalized spacial score (nSPS) is 10.6. The molecule has 0 aromatic carbocycles. The summed E-state index contributed by atoms with van der Waals surface area (Å²) in [5.41, 5.74) is -0.523. The molecular formula is C13H12ClN3O3. The van der Waals surface area contributed by atoms with Crippen LogP contribution in [0.25, 0.3) is 0 Å². The fourth-order valence-electron chi connectivity index (χ4n) is 1.76. The molecular weight excluding hydrogens is 282 g/mol. The molecule has 0 radical (unpaired) electrons. The number of pyridine rings is 1. The van der Waals surface area contributed by atoms with E-state index < -0.39 is 11.2 Å². The van der Waals surface area contributed by atoms with Gasteiger partial charge in [-0.05, 0) is 19.1 Å². The Balaban J connectivity index is 2.52. The van der Waals surface area contributed by atoms with Crippen molar-refractivity contribution < 1.29 is 4.79 Å². The van der Waals surface area contributed by atoms with Crippen molar-refractivity contribution in [3.63, 3.8) is 0 Å². The van der Waals surface area contributed by atoms with Gasteiger partial charge in [0.25, 0.3) is 5.56 Å². The summed E-state index contributed by atoms with van der Waals surface area (Å²) in [6.07, 6.45) is 2.74. The highest BCUT2D eigenvalue weighted by Gasteiger charge is 2.12. The molecule has 2 rings (SSSR count). The minimum atomic E-state index is -0.595. The van der Waals surface area contributed by atoms with Gasteiger partial charge < -0.3 is 0 Å². The molecule has 0 bridgehead atoms. The van der Waals surface area contributed by atoms with Crippen LogP contribution in [0.5, 0.6) is 0 Å². The monoisotopic (exact) mass is 293 g/mol. The predicted octanol–water partition coefficient (Wildman–Crippen LogP) is 0.846. The maximum atomic E-state index is 12.0. The van der Waals surface area contributed by atoms with Crippen molar-refractivity contribution in [3.05, 3.63) is 61.6 Å². The minimum Gasteiger partial charge on any atom is -0.294 e. The van der Waals surface area contributed by atoms with E-state index in [0.29, 0.717) is 10.7 Å². The van der Waals surface area contributed by atoms with Crippen molar-refractivity contribution in [1.82, 2.24) is 14.1 Å². The average molecular weight is 294 g/mol. The van der Waals surface area contributed by atoms with Gasteiger partial charge in [0.1, 0.15) is 0 Å². The van der Waals surface area contributed by atoms with E-state index in [1.807, 2.05) is 0 Å². The predicted molar refractivity (Wildman–Crippen MR) is 74.3 cm³/mol. The van der Waals surface area contributed by atoms with Crippen LogP contribution in [0.4, 0.5) is 0 Å². The van der Waals surface area contributed by atoms with E-state index in [4.69, 9.17) is 11.6 Å². The molecule has 0 spiro atoms. The summed E-state index contributed by atoms with van der Waals surface area (Å²) in [6.45, 7) is 1.44. The molecule has 0 N–H and O–H groups in total. The lowest BCUT2D eigenvalue weighted by Gasteiger charge is -2.09. The van der Waals surface area contributed by atoms with E-state index in [9.17, 15) is 14.4 Å². The van der Waals surface area contributed by atoms with Crippen molar-refractivity contribution in [1.29, 1.82) is 0 Å². The van der Waals surface area contributed by atoms with Crippen LogP contribution in [0.1, 0.15) is 23.0 Å². The van der Waals surface area contributed by atoms with E-state index in [1.54, 1.807) is 12.1 Å². The highest BCUT2D eigenvalue weighted by Crippen LogP contribution is 2.06. The molecule has 0 unspecified atom stereocenters. The number of hydrogen-bond acceptors (Lipinski definition) is 4. The number of rotatable bonds is 3. The van der Waals surface area contributed by atoms with Crippen LogP contribution in [0.15, 0.2) is 34.1 Å². The van der Waals surface area contributed by atoms with Gasteiger partial charge in [-0.25, -0.2) is 4.79 Å². The summed E-state index contributed by atoms with van der Waals surface area (Å²) < 4.78 is 2.18. The van der Waals surface area contributed by atoms with Gasteiger partial charge in [-0.3, -0.25) is 23.7 Å². The molecule has 0 aliphatic heterocycles. The van der Waals surface area contributed by atoms with Crippen molar-refractivity contribution in [2.24, 2.45) is 7.05 Å². The fourth-order valence-corrected chi connectivity index (χ4v) is 1.87. The smallest absolute Gasteiger partial charge is 0.294 e. The zero-order valence-electron chi connectivity index (χ0n) is 11.0. The van der Waals surface area contributed by atoms with E-state index in [2.05, 4.69) is 4.98 Å². The lowest BCUT2D eigenvalue weighted by atomic mass is 10.2. The Bertz CT molecular complexity index is 775. The summed E-state index contributed by atoms with van der Waals surface area (Å²) in [7, 11) is 1.34. The molecule has 2 aromatic heterocycles. The molecule has 2 heterocycles.